The molecule has 112 valence electrons. The number of amides is 1. The van der Waals surface area contributed by atoms with Gasteiger partial charge in [0.15, 0.2) is 11.6 Å². The summed E-state index contributed by atoms with van der Waals surface area (Å²) >= 11 is 0. The van der Waals surface area contributed by atoms with Crippen molar-refractivity contribution in [2.45, 2.75) is 32.9 Å². The largest absolute Gasteiger partial charge is 0.494 e. The van der Waals surface area contributed by atoms with E-state index in [1.807, 2.05) is 20.8 Å². The molecule has 0 radical (unpaired) electrons. The van der Waals surface area contributed by atoms with Crippen LogP contribution in [0.1, 0.15) is 26.3 Å². The van der Waals surface area contributed by atoms with Crippen LogP contribution in [0.3, 0.4) is 0 Å². The van der Waals surface area contributed by atoms with Gasteiger partial charge in [0.1, 0.15) is 0 Å². The topological polar surface area (TPSA) is 41.6 Å². The highest BCUT2D eigenvalue weighted by atomic mass is 19.1. The summed E-state index contributed by atoms with van der Waals surface area (Å²) in [7, 11) is 3.17. The number of methoxy groups -OCH3 is 1. The van der Waals surface area contributed by atoms with Gasteiger partial charge in [0.05, 0.1) is 12.6 Å². The Morgan fingerprint density at radius 1 is 1.45 bits per heavy atom. The molecule has 0 aliphatic rings. The lowest BCUT2D eigenvalue weighted by atomic mass is 10.0. The van der Waals surface area contributed by atoms with Gasteiger partial charge in [-0.2, -0.15) is 0 Å². The van der Waals surface area contributed by atoms with Crippen LogP contribution in [-0.4, -0.2) is 37.0 Å². The zero-order valence-corrected chi connectivity index (χ0v) is 12.8. The Kier molecular flexibility index (Phi) is 5.51. The maximum Gasteiger partial charge on any atom is 0.242 e. The van der Waals surface area contributed by atoms with Crippen LogP contribution in [0.25, 0.3) is 0 Å². The normalized spacial score (nSPS) is 11.3. The van der Waals surface area contributed by atoms with E-state index in [9.17, 15) is 9.18 Å². The zero-order chi connectivity index (χ0) is 15.3. The van der Waals surface area contributed by atoms with Crippen molar-refractivity contribution in [3.05, 3.63) is 29.6 Å². The zero-order valence-electron chi connectivity index (χ0n) is 12.8. The Balaban J connectivity index is 2.89. The molecule has 0 aromatic heterocycles. The molecule has 0 aliphatic carbocycles. The Hall–Kier alpha value is -1.62. The summed E-state index contributed by atoms with van der Waals surface area (Å²) in [5.74, 6) is -0.223. The van der Waals surface area contributed by atoms with Gasteiger partial charge in [-0.25, -0.2) is 4.39 Å². The SMILES string of the molecule is CCN(Cc1ccc(OC)c(F)c1)C(=O)C(C)(C)NC. The minimum atomic E-state index is -0.638. The fourth-order valence-corrected chi connectivity index (χ4v) is 1.86. The van der Waals surface area contributed by atoms with Crippen LogP contribution < -0.4 is 10.1 Å². The van der Waals surface area contributed by atoms with Crippen LogP contribution in [0.15, 0.2) is 18.2 Å². The molecule has 4 nitrogen and oxygen atoms in total. The van der Waals surface area contributed by atoms with Crippen LogP contribution in [-0.2, 0) is 11.3 Å². The number of carbonyl (C=O) groups excluding carboxylic acids is 1. The van der Waals surface area contributed by atoms with Crippen molar-refractivity contribution in [1.82, 2.24) is 10.2 Å². The average Bonchev–Trinajstić information content (AvgIpc) is 2.44. The van der Waals surface area contributed by atoms with E-state index in [2.05, 4.69) is 5.32 Å². The molecular weight excluding hydrogens is 259 g/mol. The van der Waals surface area contributed by atoms with Gasteiger partial charge in [0.2, 0.25) is 5.91 Å². The summed E-state index contributed by atoms with van der Waals surface area (Å²) in [5, 5.41) is 2.99. The molecular formula is C15H23FN2O2. The molecule has 0 unspecified atom stereocenters. The molecule has 1 N–H and O–H groups in total. The predicted molar refractivity (Wildman–Crippen MR) is 77.2 cm³/mol. The number of nitrogens with zero attached hydrogens (tertiary/aromatic N) is 1. The van der Waals surface area contributed by atoms with Crippen LogP contribution in [0, 0.1) is 5.82 Å². The van der Waals surface area contributed by atoms with E-state index in [1.165, 1.54) is 13.2 Å². The van der Waals surface area contributed by atoms with Crippen molar-refractivity contribution < 1.29 is 13.9 Å². The first-order chi connectivity index (χ1) is 9.35. The maximum absolute atomic E-state index is 13.7. The number of rotatable bonds is 6. The average molecular weight is 282 g/mol. The molecule has 1 aromatic rings. The van der Waals surface area contributed by atoms with E-state index in [-0.39, 0.29) is 11.7 Å². The third-order valence-corrected chi connectivity index (χ3v) is 3.42. The monoisotopic (exact) mass is 282 g/mol. The number of likely N-dealkylation sites (N-methyl/N-ethyl adjacent to an activating group) is 2. The van der Waals surface area contributed by atoms with E-state index >= 15 is 0 Å². The molecule has 20 heavy (non-hydrogen) atoms. The van der Waals surface area contributed by atoms with Crippen molar-refractivity contribution in [1.29, 1.82) is 0 Å². The Morgan fingerprint density at radius 2 is 2.10 bits per heavy atom. The molecule has 0 atom stereocenters. The highest BCUT2D eigenvalue weighted by molar-refractivity contribution is 5.85. The molecule has 0 bridgehead atoms. The minimum Gasteiger partial charge on any atom is -0.494 e. The molecule has 0 spiro atoms. The molecule has 0 saturated heterocycles. The van der Waals surface area contributed by atoms with E-state index in [0.717, 1.165) is 5.56 Å². The number of hydrogen-bond donors (Lipinski definition) is 1. The highest BCUT2D eigenvalue weighted by Gasteiger charge is 2.29. The lowest BCUT2D eigenvalue weighted by molar-refractivity contribution is -0.137. The van der Waals surface area contributed by atoms with Crippen molar-refractivity contribution >= 4 is 5.91 Å². The second-order valence-corrected chi connectivity index (χ2v) is 5.16. The summed E-state index contributed by atoms with van der Waals surface area (Å²) in [6, 6.07) is 4.75. The van der Waals surface area contributed by atoms with Crippen LogP contribution in [0.2, 0.25) is 0 Å². The van der Waals surface area contributed by atoms with Gasteiger partial charge in [-0.1, -0.05) is 6.07 Å². The highest BCUT2D eigenvalue weighted by Crippen LogP contribution is 2.19. The Morgan fingerprint density at radius 3 is 2.55 bits per heavy atom. The van der Waals surface area contributed by atoms with Gasteiger partial charge in [0.25, 0.3) is 0 Å². The third-order valence-electron chi connectivity index (χ3n) is 3.42. The fraction of sp³-hybridized carbons (Fsp3) is 0.533. The summed E-state index contributed by atoms with van der Waals surface area (Å²) < 4.78 is 18.6. The van der Waals surface area contributed by atoms with E-state index in [1.54, 1.807) is 24.1 Å². The smallest absolute Gasteiger partial charge is 0.242 e. The first-order valence-electron chi connectivity index (χ1n) is 6.66. The Labute approximate surface area is 119 Å². The summed E-state index contributed by atoms with van der Waals surface area (Å²) in [5.41, 5.74) is 0.103. The molecule has 0 aliphatic heterocycles. The fourth-order valence-electron chi connectivity index (χ4n) is 1.86. The number of hydrogen-bond acceptors (Lipinski definition) is 3. The van der Waals surface area contributed by atoms with Crippen molar-refractivity contribution in [2.75, 3.05) is 20.7 Å². The molecule has 0 fully saturated rings. The lowest BCUT2D eigenvalue weighted by Gasteiger charge is -2.31. The maximum atomic E-state index is 13.7. The van der Waals surface area contributed by atoms with Crippen LogP contribution >= 0.6 is 0 Å². The van der Waals surface area contributed by atoms with E-state index in [0.29, 0.717) is 13.1 Å². The summed E-state index contributed by atoms with van der Waals surface area (Å²) in [4.78, 5) is 14.1. The quantitative estimate of drug-likeness (QED) is 0.869. The predicted octanol–water partition coefficient (Wildman–Crippen LogP) is 2.18. The van der Waals surface area contributed by atoms with Crippen LogP contribution in [0.4, 0.5) is 4.39 Å². The van der Waals surface area contributed by atoms with E-state index in [4.69, 9.17) is 4.74 Å². The second kappa shape index (κ2) is 6.70. The molecule has 5 heteroatoms. The van der Waals surface area contributed by atoms with Gasteiger partial charge in [0, 0.05) is 13.1 Å². The van der Waals surface area contributed by atoms with Crippen LogP contribution in [0.5, 0.6) is 5.75 Å². The van der Waals surface area contributed by atoms with Gasteiger partial charge in [-0.05, 0) is 45.5 Å². The van der Waals surface area contributed by atoms with Gasteiger partial charge >= 0.3 is 0 Å². The lowest BCUT2D eigenvalue weighted by Crippen LogP contribution is -2.52. The van der Waals surface area contributed by atoms with Gasteiger partial charge in [-0.3, -0.25) is 4.79 Å². The number of nitrogens with one attached hydrogen (secondary N) is 1. The number of ether oxygens (including phenoxy) is 1. The van der Waals surface area contributed by atoms with Gasteiger partial charge in [-0.15, -0.1) is 0 Å². The van der Waals surface area contributed by atoms with Gasteiger partial charge < -0.3 is 15.0 Å². The summed E-state index contributed by atoms with van der Waals surface area (Å²) in [6.45, 7) is 6.50. The van der Waals surface area contributed by atoms with Crippen molar-refractivity contribution in [3.63, 3.8) is 0 Å². The first kappa shape index (κ1) is 16.4. The number of carbonyl (C=O) groups is 1. The first-order valence-corrected chi connectivity index (χ1v) is 6.66. The molecule has 0 saturated carbocycles. The Bertz CT molecular complexity index is 475. The van der Waals surface area contributed by atoms with E-state index < -0.39 is 11.4 Å². The molecule has 1 aromatic carbocycles. The molecule has 1 amide bonds. The molecule has 1 rings (SSSR count). The minimum absolute atomic E-state index is 0.0151. The second-order valence-electron chi connectivity index (χ2n) is 5.16. The molecule has 0 heterocycles. The van der Waals surface area contributed by atoms with Crippen molar-refractivity contribution in [3.8, 4) is 5.75 Å². The third kappa shape index (κ3) is 3.70. The van der Waals surface area contributed by atoms with Crippen molar-refractivity contribution in [2.24, 2.45) is 0 Å². The number of benzene rings is 1. The number of halogens is 1. The standard InChI is InChI=1S/C15H23FN2O2/c1-6-18(14(19)15(2,3)17-4)10-11-7-8-13(20-5)12(16)9-11/h7-9,17H,6,10H2,1-5H3. The summed E-state index contributed by atoms with van der Waals surface area (Å²) in [6.07, 6.45) is 0.